The van der Waals surface area contributed by atoms with Gasteiger partial charge >= 0.3 is 12.4 Å². The molecule has 0 atom stereocenters. The van der Waals surface area contributed by atoms with E-state index in [1.165, 1.54) is 18.2 Å². The van der Waals surface area contributed by atoms with Gasteiger partial charge < -0.3 is 4.90 Å². The summed E-state index contributed by atoms with van der Waals surface area (Å²) in [6.07, 6.45) is -6.48. The summed E-state index contributed by atoms with van der Waals surface area (Å²) in [5, 5.41) is 8.68. The van der Waals surface area contributed by atoms with E-state index in [2.05, 4.69) is 0 Å². The van der Waals surface area contributed by atoms with Crippen LogP contribution in [-0.4, -0.2) is 19.3 Å². The van der Waals surface area contributed by atoms with Crippen molar-refractivity contribution in [3.05, 3.63) is 41.5 Å². The number of nitriles is 1. The molecule has 1 rings (SSSR count). The molecule has 0 N–H and O–H groups in total. The van der Waals surface area contributed by atoms with Crippen molar-refractivity contribution in [2.24, 2.45) is 0 Å². The fourth-order valence-electron chi connectivity index (χ4n) is 1.77. The zero-order valence-corrected chi connectivity index (χ0v) is 11.5. The normalized spacial score (nSPS) is 12.5. The largest absolute Gasteiger partial charge is 0.417 e. The van der Waals surface area contributed by atoms with Crippen LogP contribution in [0.25, 0.3) is 0 Å². The predicted octanol–water partition coefficient (Wildman–Crippen LogP) is 4.52. The third-order valence-electron chi connectivity index (χ3n) is 2.73. The SMILES string of the molecule is CC=CCN(CC(F)(F)F)c1ccc(C#N)c(C(F)(F)F)c1. The summed E-state index contributed by atoms with van der Waals surface area (Å²) >= 11 is 0. The lowest BCUT2D eigenvalue weighted by Gasteiger charge is -2.25. The Morgan fingerprint density at radius 2 is 1.82 bits per heavy atom. The first-order valence-electron chi connectivity index (χ1n) is 6.12. The van der Waals surface area contributed by atoms with Gasteiger partial charge in [0.05, 0.1) is 17.2 Å². The van der Waals surface area contributed by atoms with Crippen LogP contribution in [0.4, 0.5) is 32.0 Å². The summed E-state index contributed by atoms with van der Waals surface area (Å²) in [6, 6.07) is 3.89. The summed E-state index contributed by atoms with van der Waals surface area (Å²) in [4.78, 5) is 0.760. The van der Waals surface area contributed by atoms with Crippen LogP contribution in [0.3, 0.4) is 0 Å². The van der Waals surface area contributed by atoms with Crippen LogP contribution in [0.15, 0.2) is 30.4 Å². The fourth-order valence-corrected chi connectivity index (χ4v) is 1.77. The van der Waals surface area contributed by atoms with Gasteiger partial charge in [0.1, 0.15) is 6.54 Å². The van der Waals surface area contributed by atoms with E-state index in [0.717, 1.165) is 17.0 Å². The van der Waals surface area contributed by atoms with Crippen molar-refractivity contribution in [2.75, 3.05) is 18.0 Å². The first-order valence-corrected chi connectivity index (χ1v) is 6.12. The molecule has 0 aliphatic carbocycles. The number of hydrogen-bond acceptors (Lipinski definition) is 2. The second-order valence-electron chi connectivity index (χ2n) is 4.40. The summed E-state index contributed by atoms with van der Waals surface area (Å²) in [5.74, 6) is 0. The van der Waals surface area contributed by atoms with E-state index >= 15 is 0 Å². The van der Waals surface area contributed by atoms with E-state index in [1.54, 1.807) is 6.92 Å². The number of nitrogens with zero attached hydrogens (tertiary/aromatic N) is 2. The lowest BCUT2D eigenvalue weighted by molar-refractivity contribution is -0.137. The Kier molecular flexibility index (Phi) is 5.47. The molecule has 0 aromatic heterocycles. The van der Waals surface area contributed by atoms with Crippen molar-refractivity contribution < 1.29 is 26.3 Å². The molecule has 8 heteroatoms. The number of allylic oxidation sites excluding steroid dienone is 1. The van der Waals surface area contributed by atoms with E-state index in [-0.39, 0.29) is 12.2 Å². The molecule has 0 aliphatic rings. The Bertz CT molecular complexity index is 580. The van der Waals surface area contributed by atoms with Crippen molar-refractivity contribution in [3.63, 3.8) is 0 Å². The molecule has 0 fully saturated rings. The molecule has 1 aromatic rings. The summed E-state index contributed by atoms with van der Waals surface area (Å²) < 4.78 is 76.3. The van der Waals surface area contributed by atoms with Crippen LogP contribution < -0.4 is 4.90 Å². The molecule has 0 saturated carbocycles. The van der Waals surface area contributed by atoms with Crippen molar-refractivity contribution in [1.82, 2.24) is 0 Å². The van der Waals surface area contributed by atoms with Gasteiger partial charge in [-0.25, -0.2) is 0 Å². The molecule has 1 aromatic carbocycles. The molecular formula is C14H12F6N2. The van der Waals surface area contributed by atoms with E-state index in [4.69, 9.17) is 5.26 Å². The lowest BCUT2D eigenvalue weighted by atomic mass is 10.1. The molecule has 0 saturated heterocycles. The third kappa shape index (κ3) is 4.98. The minimum absolute atomic E-state index is 0.195. The highest BCUT2D eigenvalue weighted by atomic mass is 19.4. The topological polar surface area (TPSA) is 27.0 Å². The minimum atomic E-state index is -4.81. The molecular weight excluding hydrogens is 310 g/mol. The number of alkyl halides is 6. The van der Waals surface area contributed by atoms with Gasteiger partial charge in [-0.2, -0.15) is 31.6 Å². The van der Waals surface area contributed by atoms with Gasteiger partial charge in [0.15, 0.2) is 0 Å². The first kappa shape index (κ1) is 17.9. The number of halogens is 6. The molecule has 0 unspecified atom stereocenters. The predicted molar refractivity (Wildman–Crippen MR) is 69.2 cm³/mol. The Balaban J connectivity index is 3.28. The van der Waals surface area contributed by atoms with Gasteiger partial charge in [-0.1, -0.05) is 12.2 Å². The highest BCUT2D eigenvalue weighted by Gasteiger charge is 2.35. The fraction of sp³-hybridized carbons (Fsp3) is 0.357. The minimum Gasteiger partial charge on any atom is -0.359 e. The summed E-state index contributed by atoms with van der Waals surface area (Å²) in [7, 11) is 0. The van der Waals surface area contributed by atoms with Crippen LogP contribution in [0.1, 0.15) is 18.1 Å². The summed E-state index contributed by atoms with van der Waals surface area (Å²) in [6.45, 7) is 0.00539. The third-order valence-corrected chi connectivity index (χ3v) is 2.73. The van der Waals surface area contributed by atoms with Gasteiger partial charge in [-0.3, -0.25) is 0 Å². The van der Waals surface area contributed by atoms with Crippen LogP contribution in [-0.2, 0) is 6.18 Å². The standard InChI is InChI=1S/C14H12F6N2/c1-2-3-6-22(9-13(15,16)17)11-5-4-10(8-21)12(7-11)14(18,19)20/h2-5,7H,6,9H2,1H3. The molecule has 2 nitrogen and oxygen atoms in total. The Labute approximate surface area is 123 Å². The van der Waals surface area contributed by atoms with E-state index in [1.807, 2.05) is 0 Å². The molecule has 0 heterocycles. The van der Waals surface area contributed by atoms with Crippen LogP contribution in [0.5, 0.6) is 0 Å². The van der Waals surface area contributed by atoms with Gasteiger partial charge in [0.2, 0.25) is 0 Å². The Morgan fingerprint density at radius 3 is 2.27 bits per heavy atom. The average Bonchev–Trinajstić information content (AvgIpc) is 2.40. The number of hydrogen-bond donors (Lipinski definition) is 0. The molecule has 0 aliphatic heterocycles. The number of rotatable bonds is 4. The van der Waals surface area contributed by atoms with E-state index in [9.17, 15) is 26.3 Å². The highest BCUT2D eigenvalue weighted by Crippen LogP contribution is 2.35. The second-order valence-corrected chi connectivity index (χ2v) is 4.40. The second kappa shape index (κ2) is 6.73. The van der Waals surface area contributed by atoms with Gasteiger partial charge in [-0.05, 0) is 25.1 Å². The zero-order valence-electron chi connectivity index (χ0n) is 11.5. The number of benzene rings is 1. The van der Waals surface area contributed by atoms with Crippen LogP contribution >= 0.6 is 0 Å². The maximum atomic E-state index is 12.9. The smallest absolute Gasteiger partial charge is 0.359 e. The molecule has 22 heavy (non-hydrogen) atoms. The van der Waals surface area contributed by atoms with Crippen molar-refractivity contribution in [1.29, 1.82) is 5.26 Å². The van der Waals surface area contributed by atoms with E-state index < -0.39 is 30.0 Å². The van der Waals surface area contributed by atoms with Gasteiger partial charge in [-0.15, -0.1) is 0 Å². The van der Waals surface area contributed by atoms with E-state index in [0.29, 0.717) is 6.07 Å². The molecule has 0 amide bonds. The van der Waals surface area contributed by atoms with Crippen molar-refractivity contribution in [2.45, 2.75) is 19.3 Å². The average molecular weight is 322 g/mol. The van der Waals surface area contributed by atoms with Gasteiger partial charge in [0, 0.05) is 12.2 Å². The Hall–Kier alpha value is -2.17. The summed E-state index contributed by atoms with van der Waals surface area (Å²) in [5.41, 5.74) is -2.13. The first-order chi connectivity index (χ1) is 10.1. The quantitative estimate of drug-likeness (QED) is 0.602. The lowest BCUT2D eigenvalue weighted by Crippen LogP contribution is -2.34. The monoisotopic (exact) mass is 322 g/mol. The molecule has 0 bridgehead atoms. The molecule has 0 radical (unpaired) electrons. The number of anilines is 1. The zero-order chi connectivity index (χ0) is 17.0. The maximum absolute atomic E-state index is 12.9. The highest BCUT2D eigenvalue weighted by molar-refractivity contribution is 5.55. The van der Waals surface area contributed by atoms with Crippen LogP contribution in [0, 0.1) is 11.3 Å². The molecule has 0 spiro atoms. The Morgan fingerprint density at radius 1 is 1.18 bits per heavy atom. The van der Waals surface area contributed by atoms with Crippen LogP contribution in [0.2, 0.25) is 0 Å². The van der Waals surface area contributed by atoms with Crippen molar-refractivity contribution in [3.8, 4) is 6.07 Å². The molecule has 120 valence electrons. The van der Waals surface area contributed by atoms with Gasteiger partial charge in [0.25, 0.3) is 0 Å². The maximum Gasteiger partial charge on any atom is 0.417 e. The van der Waals surface area contributed by atoms with Crippen molar-refractivity contribution >= 4 is 5.69 Å².